The summed E-state index contributed by atoms with van der Waals surface area (Å²) >= 11 is 0. The lowest BCUT2D eigenvalue weighted by atomic mass is 9.48. The Bertz CT molecular complexity index is 828. The van der Waals surface area contributed by atoms with Crippen LogP contribution < -0.4 is 11.4 Å². The molecule has 5 nitrogen and oxygen atoms in total. The molecule has 2 saturated carbocycles. The van der Waals surface area contributed by atoms with E-state index in [-0.39, 0.29) is 34.3 Å². The average molecular weight is 283 g/mol. The van der Waals surface area contributed by atoms with Crippen LogP contribution in [0.5, 0.6) is 0 Å². The van der Waals surface area contributed by atoms with E-state index in [0.29, 0.717) is 5.41 Å². The van der Waals surface area contributed by atoms with Crippen molar-refractivity contribution in [2.45, 2.75) is 37.8 Å². The number of hydrogen-bond donors (Lipinski definition) is 0. The van der Waals surface area contributed by atoms with Crippen LogP contribution >= 0.6 is 0 Å². The quantitative estimate of drug-likeness (QED) is 0.670. The van der Waals surface area contributed by atoms with Gasteiger partial charge >= 0.3 is 11.4 Å². The lowest BCUT2D eigenvalue weighted by Crippen LogP contribution is -2.61. The minimum atomic E-state index is -0.167. The maximum atomic E-state index is 12.5. The number of nitrogens with zero attached hydrogens (tertiary/aromatic N) is 3. The molecule has 2 fully saturated rings. The third-order valence-electron chi connectivity index (χ3n) is 7.09. The molecule has 0 radical (unpaired) electrons. The van der Waals surface area contributed by atoms with Gasteiger partial charge in [-0.3, -0.25) is 0 Å². The molecule has 0 amide bonds. The summed E-state index contributed by atoms with van der Waals surface area (Å²) < 4.78 is 4.72. The van der Waals surface area contributed by atoms with Crippen LogP contribution in [-0.2, 0) is 7.05 Å². The number of rotatable bonds is 0. The minimum absolute atomic E-state index is 0.0221. The monoisotopic (exact) mass is 283 g/mol. The molecule has 1 spiro atoms. The topological polar surface area (TPSA) is 48.9 Å². The van der Waals surface area contributed by atoms with Gasteiger partial charge in [-0.2, -0.15) is 0 Å². The second-order valence-corrected chi connectivity index (χ2v) is 7.86. The van der Waals surface area contributed by atoms with Gasteiger partial charge in [0.05, 0.1) is 12.1 Å². The first-order valence-corrected chi connectivity index (χ1v) is 7.83. The molecule has 0 N–H and O–H groups in total. The average Bonchev–Trinajstić information content (AvgIpc) is 3.12. The van der Waals surface area contributed by atoms with Crippen LogP contribution in [0.25, 0.3) is 0 Å². The Hall–Kier alpha value is -1.78. The summed E-state index contributed by atoms with van der Waals surface area (Å²) in [5.74, 6) is 0. The second-order valence-electron chi connectivity index (χ2n) is 7.86. The van der Waals surface area contributed by atoms with Gasteiger partial charge in [-0.15, -0.1) is 0 Å². The van der Waals surface area contributed by atoms with Crippen LogP contribution in [0, 0.1) is 16.2 Å². The Morgan fingerprint density at radius 1 is 0.952 bits per heavy atom. The van der Waals surface area contributed by atoms with Crippen LogP contribution in [0.15, 0.2) is 33.9 Å². The van der Waals surface area contributed by atoms with Gasteiger partial charge in [0.2, 0.25) is 0 Å². The molecule has 21 heavy (non-hydrogen) atoms. The van der Waals surface area contributed by atoms with Gasteiger partial charge in [-0.05, 0) is 31.1 Å². The van der Waals surface area contributed by atoms with Gasteiger partial charge in [0.25, 0.3) is 0 Å². The third kappa shape index (κ3) is 0.825. The van der Waals surface area contributed by atoms with Gasteiger partial charge in [0.15, 0.2) is 0 Å². The lowest BCUT2D eigenvalue weighted by Gasteiger charge is -2.61. The smallest absolute Gasteiger partial charge is 0.246 e. The van der Waals surface area contributed by atoms with Crippen molar-refractivity contribution >= 4 is 0 Å². The third-order valence-corrected chi connectivity index (χ3v) is 7.09. The van der Waals surface area contributed by atoms with Crippen molar-refractivity contribution in [1.82, 2.24) is 13.9 Å². The molecule has 1 aromatic heterocycles. The van der Waals surface area contributed by atoms with Crippen molar-refractivity contribution in [2.75, 3.05) is 0 Å². The first-order valence-electron chi connectivity index (χ1n) is 7.83. The van der Waals surface area contributed by atoms with E-state index in [9.17, 15) is 9.59 Å². The van der Waals surface area contributed by atoms with Crippen LogP contribution in [0.2, 0.25) is 0 Å². The first kappa shape index (κ1) is 10.9. The van der Waals surface area contributed by atoms with Crippen molar-refractivity contribution < 1.29 is 0 Å². The molecular formula is C16H17N3O2. The summed E-state index contributed by atoms with van der Waals surface area (Å²) in [6.07, 6.45) is 14.1. The highest BCUT2D eigenvalue weighted by atomic mass is 16.2. The molecule has 0 saturated heterocycles. The fraction of sp³-hybridized carbons (Fsp3) is 0.625. The van der Waals surface area contributed by atoms with E-state index in [1.807, 2.05) is 0 Å². The predicted octanol–water partition coefficient (Wildman–Crippen LogP) is 1.13. The van der Waals surface area contributed by atoms with Crippen LogP contribution in [0.4, 0.5) is 0 Å². The highest BCUT2D eigenvalue weighted by Crippen LogP contribution is 2.82. The fourth-order valence-corrected chi connectivity index (χ4v) is 5.98. The highest BCUT2D eigenvalue weighted by molar-refractivity contribution is 5.44. The molecule has 4 aliphatic carbocycles. The number of aromatic nitrogens is 3. The molecule has 2 aliphatic heterocycles. The molecule has 108 valence electrons. The van der Waals surface area contributed by atoms with E-state index in [1.54, 1.807) is 16.4 Å². The molecular weight excluding hydrogens is 266 g/mol. The van der Waals surface area contributed by atoms with Gasteiger partial charge in [-0.1, -0.05) is 24.3 Å². The van der Waals surface area contributed by atoms with Crippen molar-refractivity contribution in [1.29, 1.82) is 0 Å². The van der Waals surface area contributed by atoms with Crippen LogP contribution in [0.1, 0.15) is 37.8 Å². The minimum Gasteiger partial charge on any atom is -0.246 e. The molecule has 3 heterocycles. The number of hydrogen-bond acceptors (Lipinski definition) is 2. The second kappa shape index (κ2) is 2.64. The van der Waals surface area contributed by atoms with Gasteiger partial charge in [0.1, 0.15) is 0 Å². The zero-order chi connectivity index (χ0) is 14.2. The Kier molecular flexibility index (Phi) is 1.37. The van der Waals surface area contributed by atoms with E-state index in [2.05, 4.69) is 24.3 Å². The van der Waals surface area contributed by atoms with Crippen molar-refractivity contribution in [3.8, 4) is 0 Å². The molecule has 0 unspecified atom stereocenters. The molecule has 1 aromatic rings. The summed E-state index contributed by atoms with van der Waals surface area (Å²) in [5, 5.41) is 0. The van der Waals surface area contributed by atoms with Crippen molar-refractivity contribution in [3.05, 3.63) is 45.3 Å². The maximum absolute atomic E-state index is 12.5. The van der Waals surface area contributed by atoms with Gasteiger partial charge < -0.3 is 0 Å². The normalized spacial score (nSPS) is 45.4. The molecule has 5 heteroatoms. The summed E-state index contributed by atoms with van der Waals surface area (Å²) in [4.78, 5) is 25.0. The maximum Gasteiger partial charge on any atom is 0.347 e. The van der Waals surface area contributed by atoms with E-state index in [1.165, 1.54) is 30.3 Å². The Morgan fingerprint density at radius 3 is 1.81 bits per heavy atom. The highest BCUT2D eigenvalue weighted by Gasteiger charge is 2.76. The Labute approximate surface area is 121 Å². The molecule has 2 bridgehead atoms. The first-order chi connectivity index (χ1) is 10.0. The van der Waals surface area contributed by atoms with Crippen LogP contribution in [0.3, 0.4) is 0 Å². The SMILES string of the molecule is Cn1c(=O)n2n(c1=O)[C@@H]1C=C[C@@H]2[C@@]23C=C[C@@]12CC1(CC1)C3. The summed E-state index contributed by atoms with van der Waals surface area (Å²) in [6, 6.07) is 0.0442. The largest absolute Gasteiger partial charge is 0.347 e. The zero-order valence-corrected chi connectivity index (χ0v) is 12.0. The van der Waals surface area contributed by atoms with Crippen LogP contribution in [-0.4, -0.2) is 13.9 Å². The fourth-order valence-electron chi connectivity index (χ4n) is 5.98. The number of allylic oxidation sites excluding steroid dienone is 4. The van der Waals surface area contributed by atoms with E-state index in [0.717, 1.165) is 0 Å². The van der Waals surface area contributed by atoms with Gasteiger partial charge in [-0.25, -0.2) is 23.5 Å². The molecule has 6 aliphatic rings. The summed E-state index contributed by atoms with van der Waals surface area (Å²) in [7, 11) is 1.59. The Morgan fingerprint density at radius 2 is 1.43 bits per heavy atom. The van der Waals surface area contributed by atoms with Crippen molar-refractivity contribution in [3.63, 3.8) is 0 Å². The molecule has 7 rings (SSSR count). The molecule has 4 atom stereocenters. The van der Waals surface area contributed by atoms with E-state index in [4.69, 9.17) is 0 Å². The summed E-state index contributed by atoms with van der Waals surface area (Å²) in [6.45, 7) is 0. The summed E-state index contributed by atoms with van der Waals surface area (Å²) in [5.41, 5.74) is 0.324. The molecule has 0 aromatic carbocycles. The van der Waals surface area contributed by atoms with Gasteiger partial charge in [0, 0.05) is 17.9 Å². The Balaban J connectivity index is 1.72. The van der Waals surface area contributed by atoms with Crippen molar-refractivity contribution in [2.24, 2.45) is 23.3 Å². The zero-order valence-electron chi connectivity index (χ0n) is 12.0. The standard InChI is InChI=1S/C16H17N3O2/c1-17-12(20)18-10-2-3-11(19(18)13(17)21)16-7-6-15(10,16)8-14(9-16)4-5-14/h2-3,6-7,10-11H,4-5,8-9H2,1H3/t10-,11-,15-,16+/m1/s1. The predicted molar refractivity (Wildman–Crippen MR) is 76.1 cm³/mol. The van der Waals surface area contributed by atoms with E-state index >= 15 is 0 Å². The van der Waals surface area contributed by atoms with E-state index < -0.39 is 0 Å². The lowest BCUT2D eigenvalue weighted by molar-refractivity contribution is -0.0229.